The van der Waals surface area contributed by atoms with Crippen molar-refractivity contribution in [1.29, 1.82) is 0 Å². The van der Waals surface area contributed by atoms with Crippen LogP contribution in [0, 0.1) is 0 Å². The van der Waals surface area contributed by atoms with Crippen molar-refractivity contribution in [2.45, 2.75) is 44.1 Å². The summed E-state index contributed by atoms with van der Waals surface area (Å²) in [5, 5.41) is 0. The third-order valence-corrected chi connectivity index (χ3v) is 6.17. The molecule has 9 heteroatoms. The fourth-order valence-corrected chi connectivity index (χ4v) is 3.96. The van der Waals surface area contributed by atoms with Crippen LogP contribution in [-0.4, -0.2) is 55.4 Å². The Hall–Kier alpha value is -0.740. The summed E-state index contributed by atoms with van der Waals surface area (Å²) in [5.41, 5.74) is 0. The summed E-state index contributed by atoms with van der Waals surface area (Å²) in [6.07, 6.45) is 0.265. The van der Waals surface area contributed by atoms with E-state index in [1.807, 2.05) is 6.08 Å². The summed E-state index contributed by atoms with van der Waals surface area (Å²) >= 11 is 6.88. The van der Waals surface area contributed by atoms with Crippen LogP contribution in [0.1, 0.15) is 13.8 Å². The van der Waals surface area contributed by atoms with Gasteiger partial charge >= 0.3 is 11.9 Å². The maximum absolute atomic E-state index is 12.2. The van der Waals surface area contributed by atoms with Crippen LogP contribution < -0.4 is 0 Å². The minimum atomic E-state index is -1.45. The second kappa shape index (κ2) is 6.87. The van der Waals surface area contributed by atoms with E-state index in [-0.39, 0.29) is 19.3 Å². The SMILES string of the molecule is CCOC(=O)[C@@H]1OC2(O[C@H]1C(=O)OCC)C(Br)=C(Br)[C@@H]1C=C[C@H]2O1. The lowest BCUT2D eigenvalue weighted by Gasteiger charge is -2.37. The molecule has 1 saturated heterocycles. The molecule has 3 aliphatic heterocycles. The van der Waals surface area contributed by atoms with E-state index < -0.39 is 36.0 Å². The minimum Gasteiger partial charge on any atom is -0.464 e. The molecule has 0 unspecified atom stereocenters. The first-order valence-corrected chi connectivity index (χ1v) is 9.11. The molecule has 3 aliphatic rings. The normalized spacial score (nSPS) is 33.2. The number of ether oxygens (including phenoxy) is 5. The highest BCUT2D eigenvalue weighted by molar-refractivity contribution is 9.14. The summed E-state index contributed by atoms with van der Waals surface area (Å²) < 4.78 is 28.8. The molecule has 2 bridgehead atoms. The van der Waals surface area contributed by atoms with Gasteiger partial charge < -0.3 is 23.7 Å². The van der Waals surface area contributed by atoms with Gasteiger partial charge in [0.05, 0.1) is 17.7 Å². The van der Waals surface area contributed by atoms with Crippen molar-refractivity contribution in [2.24, 2.45) is 0 Å². The van der Waals surface area contributed by atoms with Gasteiger partial charge in [0.25, 0.3) is 0 Å². The Morgan fingerprint density at radius 2 is 1.62 bits per heavy atom. The van der Waals surface area contributed by atoms with Gasteiger partial charge in [-0.2, -0.15) is 0 Å². The lowest BCUT2D eigenvalue weighted by Crippen LogP contribution is -2.48. The summed E-state index contributed by atoms with van der Waals surface area (Å²) in [6.45, 7) is 3.65. The Morgan fingerprint density at radius 1 is 1.08 bits per heavy atom. The number of halogens is 2. The van der Waals surface area contributed by atoms with Gasteiger partial charge in [0.1, 0.15) is 12.2 Å². The standard InChI is InChI=1S/C15H16Br2O7/c1-3-20-13(18)10-11(14(19)21-4-2)24-15(23-10)8-6-5-7(22-8)9(16)12(15)17/h5-8,10-11H,3-4H2,1-2H3/t7-,8+,10+,11+/m0/s1. The number of hydrogen-bond donors (Lipinski definition) is 0. The Balaban J connectivity index is 1.97. The zero-order chi connectivity index (χ0) is 17.5. The largest absolute Gasteiger partial charge is 0.464 e. The van der Waals surface area contributed by atoms with Crippen LogP contribution in [0.4, 0.5) is 0 Å². The lowest BCUT2D eigenvalue weighted by molar-refractivity contribution is -0.214. The molecule has 1 fully saturated rings. The van der Waals surface area contributed by atoms with Gasteiger partial charge in [-0.05, 0) is 29.8 Å². The van der Waals surface area contributed by atoms with E-state index in [2.05, 4.69) is 31.9 Å². The molecule has 3 heterocycles. The molecular weight excluding hydrogens is 452 g/mol. The molecule has 0 N–H and O–H groups in total. The van der Waals surface area contributed by atoms with Crippen molar-refractivity contribution in [3.05, 3.63) is 21.1 Å². The maximum Gasteiger partial charge on any atom is 0.338 e. The van der Waals surface area contributed by atoms with E-state index in [1.165, 1.54) is 0 Å². The van der Waals surface area contributed by atoms with Crippen LogP contribution >= 0.6 is 31.9 Å². The Kier molecular flexibility index (Phi) is 5.17. The van der Waals surface area contributed by atoms with Gasteiger partial charge in [-0.1, -0.05) is 28.1 Å². The maximum atomic E-state index is 12.2. The second-order valence-corrected chi connectivity index (χ2v) is 6.92. The van der Waals surface area contributed by atoms with Gasteiger partial charge in [0, 0.05) is 4.48 Å². The Labute approximate surface area is 155 Å². The fraction of sp³-hybridized carbons (Fsp3) is 0.600. The molecular formula is C15H16Br2O7. The van der Waals surface area contributed by atoms with Gasteiger partial charge in [0.15, 0.2) is 12.2 Å². The van der Waals surface area contributed by atoms with Crippen molar-refractivity contribution < 1.29 is 33.3 Å². The van der Waals surface area contributed by atoms with E-state index >= 15 is 0 Å². The average molecular weight is 468 g/mol. The second-order valence-electron chi connectivity index (χ2n) is 5.27. The van der Waals surface area contributed by atoms with Crippen molar-refractivity contribution in [3.8, 4) is 0 Å². The van der Waals surface area contributed by atoms with E-state index in [1.54, 1.807) is 19.9 Å². The van der Waals surface area contributed by atoms with Gasteiger partial charge in [-0.15, -0.1) is 0 Å². The molecule has 0 saturated carbocycles. The molecule has 0 radical (unpaired) electrons. The van der Waals surface area contributed by atoms with E-state index in [4.69, 9.17) is 23.7 Å². The molecule has 132 valence electrons. The average Bonchev–Trinajstić information content (AvgIpc) is 3.17. The van der Waals surface area contributed by atoms with Gasteiger partial charge in [0.2, 0.25) is 5.79 Å². The molecule has 0 aromatic rings. The fourth-order valence-electron chi connectivity index (χ4n) is 2.79. The zero-order valence-corrected chi connectivity index (χ0v) is 16.2. The lowest BCUT2D eigenvalue weighted by atomic mass is 10.1. The number of fused-ring (bicyclic) bond motifs is 3. The first kappa shape index (κ1) is 18.1. The minimum absolute atomic E-state index is 0.157. The van der Waals surface area contributed by atoms with E-state index in [0.717, 1.165) is 0 Å². The molecule has 0 aromatic carbocycles. The highest BCUT2D eigenvalue weighted by Gasteiger charge is 2.63. The quantitative estimate of drug-likeness (QED) is 0.461. The highest BCUT2D eigenvalue weighted by atomic mass is 79.9. The summed E-state index contributed by atoms with van der Waals surface area (Å²) in [7, 11) is 0. The molecule has 3 rings (SSSR count). The number of esters is 2. The number of hydrogen-bond acceptors (Lipinski definition) is 7. The van der Waals surface area contributed by atoms with Crippen LogP contribution in [-0.2, 0) is 33.3 Å². The van der Waals surface area contributed by atoms with Crippen LogP contribution in [0.2, 0.25) is 0 Å². The topological polar surface area (TPSA) is 80.3 Å². The Bertz CT molecular complexity index is 589. The van der Waals surface area contributed by atoms with E-state index in [9.17, 15) is 9.59 Å². The third kappa shape index (κ3) is 2.76. The number of carbonyl (C=O) groups excluding carboxylic acids is 2. The first-order chi connectivity index (χ1) is 11.4. The van der Waals surface area contributed by atoms with Crippen LogP contribution in [0.3, 0.4) is 0 Å². The summed E-state index contributed by atoms with van der Waals surface area (Å²) in [4.78, 5) is 24.5. The molecule has 0 aromatic heterocycles. The molecule has 0 amide bonds. The van der Waals surface area contributed by atoms with Crippen LogP contribution in [0.25, 0.3) is 0 Å². The van der Waals surface area contributed by atoms with Gasteiger partial charge in [-0.25, -0.2) is 9.59 Å². The smallest absolute Gasteiger partial charge is 0.338 e. The van der Waals surface area contributed by atoms with E-state index in [0.29, 0.717) is 8.96 Å². The predicted octanol–water partition coefficient (Wildman–Crippen LogP) is 1.93. The number of carbonyl (C=O) groups is 2. The highest BCUT2D eigenvalue weighted by Crippen LogP contribution is 2.51. The molecule has 4 atom stereocenters. The molecule has 24 heavy (non-hydrogen) atoms. The zero-order valence-electron chi connectivity index (χ0n) is 13.0. The third-order valence-electron chi connectivity index (χ3n) is 3.81. The predicted molar refractivity (Wildman–Crippen MR) is 88.4 cm³/mol. The number of rotatable bonds is 4. The molecule has 1 spiro atoms. The van der Waals surface area contributed by atoms with Gasteiger partial charge in [-0.3, -0.25) is 0 Å². The summed E-state index contributed by atoms with van der Waals surface area (Å²) in [5.74, 6) is -2.82. The van der Waals surface area contributed by atoms with Crippen molar-refractivity contribution >= 4 is 43.8 Å². The summed E-state index contributed by atoms with van der Waals surface area (Å²) in [6, 6.07) is 0. The Morgan fingerprint density at radius 3 is 2.12 bits per heavy atom. The van der Waals surface area contributed by atoms with Crippen LogP contribution in [0.15, 0.2) is 21.1 Å². The first-order valence-electron chi connectivity index (χ1n) is 7.53. The molecule has 0 aliphatic carbocycles. The monoisotopic (exact) mass is 466 g/mol. The van der Waals surface area contributed by atoms with Crippen LogP contribution in [0.5, 0.6) is 0 Å². The molecule has 7 nitrogen and oxygen atoms in total. The van der Waals surface area contributed by atoms with Crippen molar-refractivity contribution in [1.82, 2.24) is 0 Å². The van der Waals surface area contributed by atoms with Crippen molar-refractivity contribution in [2.75, 3.05) is 13.2 Å². The van der Waals surface area contributed by atoms with Crippen molar-refractivity contribution in [3.63, 3.8) is 0 Å².